The van der Waals surface area contributed by atoms with E-state index < -0.39 is 5.82 Å². The summed E-state index contributed by atoms with van der Waals surface area (Å²) in [5, 5.41) is 18.6. The van der Waals surface area contributed by atoms with Crippen LogP contribution in [0.15, 0.2) is 85.3 Å². The SMILES string of the molecule is CC(c1cc2ccccn2c1-c1ccccn1)n1ccc(-c2cc(F)cc(-c3nn[nH]n3)c2)n1. The zero-order valence-electron chi connectivity index (χ0n) is 18.2. The number of aromatic nitrogens is 8. The first-order valence-corrected chi connectivity index (χ1v) is 10.8. The minimum atomic E-state index is -0.393. The van der Waals surface area contributed by atoms with E-state index in [0.717, 1.165) is 22.5 Å². The lowest BCUT2D eigenvalue weighted by atomic mass is 10.1. The Morgan fingerprint density at radius 1 is 0.912 bits per heavy atom. The number of halogens is 1. The van der Waals surface area contributed by atoms with E-state index in [4.69, 9.17) is 5.10 Å². The van der Waals surface area contributed by atoms with E-state index in [9.17, 15) is 4.39 Å². The number of rotatable bonds is 5. The standard InChI is InChI=1S/C25H19FN8/c1-16(21-15-20-6-3-5-10-33(20)24(21)23-7-2-4-9-27-23)34-11-8-22(30-34)17-12-18(14-19(26)13-17)25-28-31-32-29-25/h2-16H,1H3,(H,28,29,31,32). The molecular weight excluding hydrogens is 431 g/mol. The molecule has 8 nitrogen and oxygen atoms in total. The molecule has 34 heavy (non-hydrogen) atoms. The number of tetrazole rings is 1. The fraction of sp³-hybridized carbons (Fsp3) is 0.0800. The number of fused-ring (bicyclic) bond motifs is 1. The summed E-state index contributed by atoms with van der Waals surface area (Å²) in [5.74, 6) is -0.0647. The van der Waals surface area contributed by atoms with Crippen molar-refractivity contribution < 1.29 is 4.39 Å². The van der Waals surface area contributed by atoms with Crippen LogP contribution in [0, 0.1) is 5.82 Å². The third kappa shape index (κ3) is 3.43. The molecule has 1 aromatic carbocycles. The van der Waals surface area contributed by atoms with Crippen LogP contribution in [0.1, 0.15) is 18.5 Å². The highest BCUT2D eigenvalue weighted by molar-refractivity contribution is 5.70. The molecule has 0 aliphatic heterocycles. The number of nitrogens with zero attached hydrogens (tertiary/aromatic N) is 7. The monoisotopic (exact) mass is 450 g/mol. The maximum Gasteiger partial charge on any atom is 0.204 e. The van der Waals surface area contributed by atoms with Crippen LogP contribution in [0.5, 0.6) is 0 Å². The van der Waals surface area contributed by atoms with Crippen molar-refractivity contribution in [2.75, 3.05) is 0 Å². The van der Waals surface area contributed by atoms with Crippen LogP contribution in [-0.4, -0.2) is 39.8 Å². The average Bonchev–Trinajstić information content (AvgIpc) is 3.63. The molecule has 0 radical (unpaired) electrons. The Labute approximate surface area is 193 Å². The summed E-state index contributed by atoms with van der Waals surface area (Å²) in [6, 6.07) is 20.6. The number of nitrogens with one attached hydrogen (secondary N) is 1. The van der Waals surface area contributed by atoms with E-state index in [1.165, 1.54) is 12.1 Å². The normalized spacial score (nSPS) is 12.3. The number of hydrogen-bond acceptors (Lipinski definition) is 5. The predicted molar refractivity (Wildman–Crippen MR) is 125 cm³/mol. The number of H-pyrrole nitrogens is 1. The molecule has 0 spiro atoms. The van der Waals surface area contributed by atoms with Crippen LogP contribution >= 0.6 is 0 Å². The summed E-state index contributed by atoms with van der Waals surface area (Å²) in [4.78, 5) is 4.59. The Hall–Kier alpha value is -4.66. The molecular formula is C25H19FN8. The molecule has 0 aliphatic carbocycles. The second-order valence-electron chi connectivity index (χ2n) is 7.98. The van der Waals surface area contributed by atoms with Gasteiger partial charge in [-0.2, -0.15) is 10.3 Å². The second-order valence-corrected chi connectivity index (χ2v) is 7.98. The topological polar surface area (TPSA) is 89.6 Å². The van der Waals surface area contributed by atoms with Gasteiger partial charge in [-0.05, 0) is 66.7 Å². The van der Waals surface area contributed by atoms with Crippen LogP contribution in [0.4, 0.5) is 4.39 Å². The molecule has 6 aromatic rings. The Balaban J connectivity index is 1.42. The van der Waals surface area contributed by atoms with E-state index in [2.05, 4.69) is 49.1 Å². The first kappa shape index (κ1) is 20.0. The lowest BCUT2D eigenvalue weighted by molar-refractivity contribution is 0.567. The van der Waals surface area contributed by atoms with Gasteiger partial charge in [0, 0.05) is 40.8 Å². The van der Waals surface area contributed by atoms with Gasteiger partial charge in [0.2, 0.25) is 5.82 Å². The number of benzene rings is 1. The maximum absolute atomic E-state index is 14.4. The molecule has 1 N–H and O–H groups in total. The van der Waals surface area contributed by atoms with Gasteiger partial charge in [0.15, 0.2) is 0 Å². The van der Waals surface area contributed by atoms with Gasteiger partial charge in [-0.25, -0.2) is 4.39 Å². The summed E-state index contributed by atoms with van der Waals surface area (Å²) in [6.07, 6.45) is 5.74. The van der Waals surface area contributed by atoms with Gasteiger partial charge in [-0.1, -0.05) is 12.1 Å². The largest absolute Gasteiger partial charge is 0.315 e. The van der Waals surface area contributed by atoms with Crippen LogP contribution in [0.2, 0.25) is 0 Å². The highest BCUT2D eigenvalue weighted by Gasteiger charge is 2.20. The zero-order chi connectivity index (χ0) is 23.1. The molecule has 166 valence electrons. The summed E-state index contributed by atoms with van der Waals surface area (Å²) in [5.41, 5.74) is 5.89. The molecule has 0 aliphatic rings. The summed E-state index contributed by atoms with van der Waals surface area (Å²) < 4.78 is 18.4. The lowest BCUT2D eigenvalue weighted by Gasteiger charge is -2.14. The van der Waals surface area contributed by atoms with E-state index in [0.29, 0.717) is 22.6 Å². The predicted octanol–water partition coefficient (Wildman–Crippen LogP) is 4.79. The molecule has 0 saturated heterocycles. The molecule has 0 bridgehead atoms. The smallest absolute Gasteiger partial charge is 0.204 e. The van der Waals surface area contributed by atoms with Crippen molar-refractivity contribution in [1.29, 1.82) is 0 Å². The van der Waals surface area contributed by atoms with Crippen LogP contribution in [0.3, 0.4) is 0 Å². The summed E-state index contributed by atoms with van der Waals surface area (Å²) >= 11 is 0. The van der Waals surface area contributed by atoms with Crippen molar-refractivity contribution >= 4 is 5.52 Å². The fourth-order valence-corrected chi connectivity index (χ4v) is 4.24. The zero-order valence-corrected chi connectivity index (χ0v) is 18.2. The first-order chi connectivity index (χ1) is 16.7. The van der Waals surface area contributed by atoms with Gasteiger partial charge in [0.25, 0.3) is 0 Å². The van der Waals surface area contributed by atoms with Crippen LogP contribution in [0.25, 0.3) is 39.5 Å². The molecule has 1 atom stereocenters. The van der Waals surface area contributed by atoms with Gasteiger partial charge in [-0.15, -0.1) is 10.2 Å². The van der Waals surface area contributed by atoms with Crippen LogP contribution in [-0.2, 0) is 0 Å². The molecule has 6 rings (SSSR count). The van der Waals surface area contributed by atoms with Gasteiger partial charge in [0.05, 0.1) is 23.1 Å². The Bertz CT molecular complexity index is 1580. The van der Waals surface area contributed by atoms with Crippen molar-refractivity contribution in [2.24, 2.45) is 0 Å². The number of aromatic amines is 1. The molecule has 0 saturated carbocycles. The molecule has 1 unspecified atom stereocenters. The first-order valence-electron chi connectivity index (χ1n) is 10.8. The van der Waals surface area contributed by atoms with Crippen molar-refractivity contribution in [3.63, 3.8) is 0 Å². The minimum Gasteiger partial charge on any atom is -0.315 e. The average molecular weight is 450 g/mol. The van der Waals surface area contributed by atoms with E-state index in [-0.39, 0.29) is 6.04 Å². The molecule has 0 fully saturated rings. The maximum atomic E-state index is 14.4. The third-order valence-corrected chi connectivity index (χ3v) is 5.87. The highest BCUT2D eigenvalue weighted by Crippen LogP contribution is 2.33. The quantitative estimate of drug-likeness (QED) is 0.408. The Kier molecular flexibility index (Phi) is 4.72. The Morgan fingerprint density at radius 2 is 1.79 bits per heavy atom. The Morgan fingerprint density at radius 3 is 2.62 bits per heavy atom. The fourth-order valence-electron chi connectivity index (χ4n) is 4.24. The van der Waals surface area contributed by atoms with E-state index in [1.807, 2.05) is 53.5 Å². The molecule has 5 aromatic heterocycles. The minimum absolute atomic E-state index is 0.0871. The lowest BCUT2D eigenvalue weighted by Crippen LogP contribution is -2.08. The van der Waals surface area contributed by atoms with Crippen LogP contribution < -0.4 is 0 Å². The van der Waals surface area contributed by atoms with Gasteiger partial charge in [-0.3, -0.25) is 9.67 Å². The molecule has 0 amide bonds. The van der Waals surface area contributed by atoms with E-state index in [1.54, 1.807) is 12.3 Å². The van der Waals surface area contributed by atoms with Crippen molar-refractivity contribution in [1.82, 2.24) is 39.8 Å². The van der Waals surface area contributed by atoms with Gasteiger partial charge >= 0.3 is 0 Å². The van der Waals surface area contributed by atoms with Crippen molar-refractivity contribution in [3.8, 4) is 34.0 Å². The summed E-state index contributed by atoms with van der Waals surface area (Å²) in [6.45, 7) is 2.09. The molecule has 9 heteroatoms. The summed E-state index contributed by atoms with van der Waals surface area (Å²) in [7, 11) is 0. The number of pyridine rings is 2. The third-order valence-electron chi connectivity index (χ3n) is 5.87. The van der Waals surface area contributed by atoms with Gasteiger partial charge < -0.3 is 4.40 Å². The molecule has 5 heterocycles. The van der Waals surface area contributed by atoms with Crippen molar-refractivity contribution in [2.45, 2.75) is 13.0 Å². The van der Waals surface area contributed by atoms with Crippen molar-refractivity contribution in [3.05, 3.63) is 96.7 Å². The highest BCUT2D eigenvalue weighted by atomic mass is 19.1. The van der Waals surface area contributed by atoms with E-state index >= 15 is 0 Å². The second kappa shape index (κ2) is 8.04. The number of hydrogen-bond donors (Lipinski definition) is 1. The van der Waals surface area contributed by atoms with Gasteiger partial charge in [0.1, 0.15) is 5.82 Å².